The largest absolute Gasteiger partial charge is 0.484 e. The van der Waals surface area contributed by atoms with E-state index < -0.39 is 0 Å². The number of hydrogen-bond donors (Lipinski definition) is 1. The van der Waals surface area contributed by atoms with E-state index in [0.717, 1.165) is 18.8 Å². The molecule has 0 radical (unpaired) electrons. The lowest BCUT2D eigenvalue weighted by atomic mass is 10.2. The minimum atomic E-state index is 0.297. The van der Waals surface area contributed by atoms with E-state index in [9.17, 15) is 0 Å². The first-order valence-electron chi connectivity index (χ1n) is 5.99. The number of aryl methyl sites for hydroxylation is 1. The Hall–Kier alpha value is -1.88. The van der Waals surface area contributed by atoms with E-state index in [1.54, 1.807) is 6.92 Å². The lowest BCUT2D eigenvalue weighted by Crippen LogP contribution is -2.11. The highest BCUT2D eigenvalue weighted by atomic mass is 16.5. The summed E-state index contributed by atoms with van der Waals surface area (Å²) in [7, 11) is 0. The van der Waals surface area contributed by atoms with Crippen molar-refractivity contribution in [2.45, 2.75) is 27.0 Å². The molecule has 1 aromatic carbocycles. The molecule has 0 aliphatic heterocycles. The average molecular weight is 247 g/mol. The van der Waals surface area contributed by atoms with Crippen molar-refractivity contribution in [3.05, 3.63) is 41.5 Å². The van der Waals surface area contributed by atoms with Gasteiger partial charge in [-0.2, -0.15) is 4.98 Å². The maximum absolute atomic E-state index is 5.60. The van der Waals surface area contributed by atoms with Gasteiger partial charge >= 0.3 is 0 Å². The third-order valence-electron chi connectivity index (χ3n) is 2.41. The van der Waals surface area contributed by atoms with E-state index >= 15 is 0 Å². The van der Waals surface area contributed by atoms with Gasteiger partial charge in [0.25, 0.3) is 5.89 Å². The van der Waals surface area contributed by atoms with Crippen LogP contribution in [0.25, 0.3) is 0 Å². The number of aromatic nitrogens is 2. The Morgan fingerprint density at radius 2 is 2.28 bits per heavy atom. The van der Waals surface area contributed by atoms with E-state index in [4.69, 9.17) is 9.26 Å². The van der Waals surface area contributed by atoms with Crippen LogP contribution >= 0.6 is 0 Å². The SMILES string of the molecule is CCNCc1cccc(OCc2nc(C)no2)c1. The molecule has 0 unspecified atom stereocenters. The molecular formula is C13H17N3O2. The molecule has 0 spiro atoms. The Morgan fingerprint density at radius 1 is 1.39 bits per heavy atom. The van der Waals surface area contributed by atoms with E-state index in [1.807, 2.05) is 18.2 Å². The number of nitrogens with zero attached hydrogens (tertiary/aromatic N) is 2. The van der Waals surface area contributed by atoms with Crippen LogP contribution in [0, 0.1) is 6.92 Å². The Morgan fingerprint density at radius 3 is 3.00 bits per heavy atom. The molecule has 5 heteroatoms. The summed E-state index contributed by atoms with van der Waals surface area (Å²) >= 11 is 0. The minimum Gasteiger partial charge on any atom is -0.484 e. The zero-order valence-electron chi connectivity index (χ0n) is 10.6. The number of ether oxygens (including phenoxy) is 1. The molecule has 96 valence electrons. The third kappa shape index (κ3) is 3.56. The molecule has 0 fully saturated rings. The quantitative estimate of drug-likeness (QED) is 0.846. The fourth-order valence-corrected chi connectivity index (χ4v) is 1.56. The van der Waals surface area contributed by atoms with Crippen molar-refractivity contribution in [3.63, 3.8) is 0 Å². The first kappa shape index (κ1) is 12.6. The van der Waals surface area contributed by atoms with Gasteiger partial charge in [0, 0.05) is 6.54 Å². The fraction of sp³-hybridized carbons (Fsp3) is 0.385. The molecule has 1 heterocycles. The molecule has 2 aromatic rings. The van der Waals surface area contributed by atoms with Crippen LogP contribution in [0.3, 0.4) is 0 Å². The third-order valence-corrected chi connectivity index (χ3v) is 2.41. The Balaban J connectivity index is 1.92. The summed E-state index contributed by atoms with van der Waals surface area (Å²) in [6.45, 7) is 5.95. The molecule has 0 atom stereocenters. The monoisotopic (exact) mass is 247 g/mol. The van der Waals surface area contributed by atoms with Crippen LogP contribution in [0.2, 0.25) is 0 Å². The van der Waals surface area contributed by atoms with E-state index in [-0.39, 0.29) is 0 Å². The zero-order valence-corrected chi connectivity index (χ0v) is 10.6. The highest BCUT2D eigenvalue weighted by molar-refractivity contribution is 5.28. The normalized spacial score (nSPS) is 10.6. The maximum Gasteiger partial charge on any atom is 0.264 e. The van der Waals surface area contributed by atoms with Crippen LogP contribution in [0.1, 0.15) is 24.2 Å². The molecule has 1 N–H and O–H groups in total. The molecule has 0 aliphatic rings. The first-order chi connectivity index (χ1) is 8.78. The lowest BCUT2D eigenvalue weighted by molar-refractivity contribution is 0.242. The van der Waals surface area contributed by atoms with Crippen molar-refractivity contribution in [3.8, 4) is 5.75 Å². The van der Waals surface area contributed by atoms with Crippen LogP contribution in [0.5, 0.6) is 5.75 Å². The van der Waals surface area contributed by atoms with Gasteiger partial charge in [-0.3, -0.25) is 0 Å². The smallest absolute Gasteiger partial charge is 0.264 e. The second kappa shape index (κ2) is 6.16. The molecule has 18 heavy (non-hydrogen) atoms. The number of benzene rings is 1. The summed E-state index contributed by atoms with van der Waals surface area (Å²) in [6.07, 6.45) is 0. The standard InChI is InChI=1S/C13H17N3O2/c1-3-14-8-11-5-4-6-12(7-11)17-9-13-15-10(2)16-18-13/h4-7,14H,3,8-9H2,1-2H3. The van der Waals surface area contributed by atoms with Gasteiger partial charge in [0.15, 0.2) is 12.4 Å². The first-order valence-corrected chi connectivity index (χ1v) is 5.99. The zero-order chi connectivity index (χ0) is 12.8. The van der Waals surface area contributed by atoms with Crippen molar-refractivity contribution in [2.24, 2.45) is 0 Å². The van der Waals surface area contributed by atoms with E-state index in [2.05, 4.69) is 28.4 Å². The van der Waals surface area contributed by atoms with Gasteiger partial charge in [0.2, 0.25) is 0 Å². The lowest BCUT2D eigenvalue weighted by Gasteiger charge is -2.06. The summed E-state index contributed by atoms with van der Waals surface area (Å²) in [4.78, 5) is 4.08. The summed E-state index contributed by atoms with van der Waals surface area (Å²) in [6, 6.07) is 7.96. The van der Waals surface area contributed by atoms with Gasteiger partial charge < -0.3 is 14.6 Å². The maximum atomic E-state index is 5.60. The molecular weight excluding hydrogens is 230 g/mol. The number of nitrogens with one attached hydrogen (secondary N) is 1. The van der Waals surface area contributed by atoms with Gasteiger partial charge in [0.1, 0.15) is 5.75 Å². The number of hydrogen-bond acceptors (Lipinski definition) is 5. The van der Waals surface area contributed by atoms with Crippen LogP contribution in [-0.4, -0.2) is 16.7 Å². The fourth-order valence-electron chi connectivity index (χ4n) is 1.56. The Bertz CT molecular complexity index is 496. The van der Waals surface area contributed by atoms with Crippen molar-refractivity contribution in [2.75, 3.05) is 6.54 Å². The summed E-state index contributed by atoms with van der Waals surface area (Å²) in [5.74, 6) is 1.92. The van der Waals surface area contributed by atoms with Crippen molar-refractivity contribution >= 4 is 0 Å². The second-order valence-electron chi connectivity index (χ2n) is 3.95. The predicted octanol–water partition coefficient (Wildman–Crippen LogP) is 2.07. The van der Waals surface area contributed by atoms with Gasteiger partial charge in [0.05, 0.1) is 0 Å². The molecule has 0 bridgehead atoms. The van der Waals surface area contributed by atoms with E-state index in [1.165, 1.54) is 5.56 Å². The molecule has 0 amide bonds. The Labute approximate surface area is 106 Å². The number of rotatable bonds is 6. The molecule has 2 rings (SSSR count). The van der Waals surface area contributed by atoms with Gasteiger partial charge in [-0.15, -0.1) is 0 Å². The van der Waals surface area contributed by atoms with E-state index in [0.29, 0.717) is 18.3 Å². The van der Waals surface area contributed by atoms with Crippen LogP contribution in [0.4, 0.5) is 0 Å². The van der Waals surface area contributed by atoms with Gasteiger partial charge in [-0.05, 0) is 31.2 Å². The topological polar surface area (TPSA) is 60.2 Å². The van der Waals surface area contributed by atoms with Crippen molar-refractivity contribution in [1.82, 2.24) is 15.5 Å². The summed E-state index contributed by atoms with van der Waals surface area (Å²) in [5, 5.41) is 6.98. The summed E-state index contributed by atoms with van der Waals surface area (Å²) in [5.41, 5.74) is 1.19. The average Bonchev–Trinajstić information content (AvgIpc) is 2.80. The van der Waals surface area contributed by atoms with Crippen molar-refractivity contribution < 1.29 is 9.26 Å². The highest BCUT2D eigenvalue weighted by Gasteiger charge is 2.03. The summed E-state index contributed by atoms with van der Waals surface area (Å²) < 4.78 is 10.6. The second-order valence-corrected chi connectivity index (χ2v) is 3.95. The minimum absolute atomic E-state index is 0.297. The molecule has 5 nitrogen and oxygen atoms in total. The molecule has 0 aliphatic carbocycles. The molecule has 1 aromatic heterocycles. The highest BCUT2D eigenvalue weighted by Crippen LogP contribution is 2.14. The molecule has 0 saturated heterocycles. The predicted molar refractivity (Wildman–Crippen MR) is 67.2 cm³/mol. The van der Waals surface area contributed by atoms with Crippen molar-refractivity contribution in [1.29, 1.82) is 0 Å². The van der Waals surface area contributed by atoms with Crippen LogP contribution in [-0.2, 0) is 13.2 Å². The van der Waals surface area contributed by atoms with Crippen LogP contribution in [0.15, 0.2) is 28.8 Å². The van der Waals surface area contributed by atoms with Crippen LogP contribution < -0.4 is 10.1 Å². The van der Waals surface area contributed by atoms with Gasteiger partial charge in [-0.1, -0.05) is 24.2 Å². The Kier molecular flexibility index (Phi) is 4.30. The van der Waals surface area contributed by atoms with Gasteiger partial charge in [-0.25, -0.2) is 0 Å². The molecule has 0 saturated carbocycles.